The molecule has 0 amide bonds. The van der Waals surface area contributed by atoms with Gasteiger partial charge in [0.05, 0.1) is 12.6 Å². The molecule has 0 bridgehead atoms. The van der Waals surface area contributed by atoms with Gasteiger partial charge in [0.1, 0.15) is 0 Å². The van der Waals surface area contributed by atoms with Crippen molar-refractivity contribution in [3.8, 4) is 0 Å². The number of carbonyl (C=O) groups is 1. The van der Waals surface area contributed by atoms with E-state index in [0.29, 0.717) is 0 Å². The van der Waals surface area contributed by atoms with E-state index in [1.807, 2.05) is 23.8 Å². The summed E-state index contributed by atoms with van der Waals surface area (Å²) in [5, 5.41) is 2.22. The summed E-state index contributed by atoms with van der Waals surface area (Å²) in [6.45, 7) is 2.04. The minimum atomic E-state index is -0.368. The number of carbonyl (C=O) groups excluding carboxylic acids is 1. The predicted octanol–water partition coefficient (Wildman–Crippen LogP) is 4.32. The van der Waals surface area contributed by atoms with Crippen LogP contribution in [0.3, 0.4) is 0 Å². The molecule has 0 unspecified atom stereocenters. The summed E-state index contributed by atoms with van der Waals surface area (Å²) in [7, 11) is 1.37. The second kappa shape index (κ2) is 7.64. The molecule has 0 aliphatic carbocycles. The lowest BCUT2D eigenvalue weighted by molar-refractivity contribution is -0.134. The Bertz CT molecular complexity index is 1190. The van der Waals surface area contributed by atoms with E-state index in [9.17, 15) is 4.79 Å². The summed E-state index contributed by atoms with van der Waals surface area (Å²) in [6, 6.07) is 14.7. The average molecular weight is 371 g/mol. The van der Waals surface area contributed by atoms with E-state index in [1.54, 1.807) is 12.4 Å². The molecular formula is C23H21N3O2. The number of pyridine rings is 2. The fraction of sp³-hybridized carbons (Fsp3) is 0.174. The molecule has 0 N–H and O–H groups in total. The maximum absolute atomic E-state index is 11.3. The smallest absolute Gasteiger partial charge is 0.331 e. The number of nitrogens with zero attached hydrogens (tertiary/aromatic N) is 3. The molecule has 0 fully saturated rings. The van der Waals surface area contributed by atoms with Gasteiger partial charge in [0, 0.05) is 41.1 Å². The van der Waals surface area contributed by atoms with Crippen molar-refractivity contribution >= 4 is 34.1 Å². The van der Waals surface area contributed by atoms with Crippen molar-refractivity contribution in [1.82, 2.24) is 14.5 Å². The Kier molecular flexibility index (Phi) is 4.89. The Hall–Kier alpha value is -3.47. The second-order valence-corrected chi connectivity index (χ2v) is 6.74. The van der Waals surface area contributed by atoms with Gasteiger partial charge in [-0.1, -0.05) is 6.07 Å². The van der Waals surface area contributed by atoms with Crippen LogP contribution in [0.1, 0.15) is 16.8 Å². The van der Waals surface area contributed by atoms with Crippen LogP contribution in [0.25, 0.3) is 28.1 Å². The van der Waals surface area contributed by atoms with Gasteiger partial charge in [-0.3, -0.25) is 0 Å². The highest BCUT2D eigenvalue weighted by Crippen LogP contribution is 2.21. The number of hydrogen-bond donors (Lipinski definition) is 0. The van der Waals surface area contributed by atoms with Gasteiger partial charge in [-0.25, -0.2) is 14.8 Å². The van der Waals surface area contributed by atoms with Crippen LogP contribution in [0.4, 0.5) is 0 Å². The lowest BCUT2D eigenvalue weighted by atomic mass is 10.0. The van der Waals surface area contributed by atoms with Crippen molar-refractivity contribution in [3.63, 3.8) is 0 Å². The Morgan fingerprint density at radius 1 is 1.14 bits per heavy atom. The van der Waals surface area contributed by atoms with Gasteiger partial charge in [-0.2, -0.15) is 0 Å². The molecule has 1 aromatic carbocycles. The van der Waals surface area contributed by atoms with Crippen molar-refractivity contribution in [1.29, 1.82) is 0 Å². The highest BCUT2D eigenvalue weighted by atomic mass is 16.5. The zero-order valence-corrected chi connectivity index (χ0v) is 15.9. The van der Waals surface area contributed by atoms with Crippen LogP contribution >= 0.6 is 0 Å². The summed E-state index contributed by atoms with van der Waals surface area (Å²) in [6.07, 6.45) is 8.71. The van der Waals surface area contributed by atoms with E-state index in [1.165, 1.54) is 24.3 Å². The van der Waals surface area contributed by atoms with Crippen LogP contribution in [0.15, 0.2) is 60.9 Å². The minimum absolute atomic E-state index is 0.368. The summed E-state index contributed by atoms with van der Waals surface area (Å²) >= 11 is 0. The fourth-order valence-electron chi connectivity index (χ4n) is 3.38. The second-order valence-electron chi connectivity index (χ2n) is 6.74. The molecule has 5 heteroatoms. The number of ether oxygens (including phenoxy) is 1. The molecule has 28 heavy (non-hydrogen) atoms. The SMILES string of the molecule is COC(=O)C=Cn1ccc2cc(CCc3cc4cccnc4nc3C)ccc21. The van der Waals surface area contributed by atoms with Gasteiger partial charge in [0.2, 0.25) is 0 Å². The van der Waals surface area contributed by atoms with E-state index in [-0.39, 0.29) is 5.97 Å². The normalized spacial score (nSPS) is 11.5. The maximum atomic E-state index is 11.3. The van der Waals surface area contributed by atoms with Gasteiger partial charge < -0.3 is 9.30 Å². The topological polar surface area (TPSA) is 57.0 Å². The van der Waals surface area contributed by atoms with Crippen LogP contribution in [-0.4, -0.2) is 27.6 Å². The lowest BCUT2D eigenvalue weighted by Crippen LogP contribution is -1.98. The van der Waals surface area contributed by atoms with Crippen molar-refractivity contribution in [2.45, 2.75) is 19.8 Å². The predicted molar refractivity (Wildman–Crippen MR) is 111 cm³/mol. The Morgan fingerprint density at radius 2 is 2.04 bits per heavy atom. The number of rotatable bonds is 5. The van der Waals surface area contributed by atoms with Crippen molar-refractivity contribution in [3.05, 3.63) is 77.8 Å². The largest absolute Gasteiger partial charge is 0.466 e. The van der Waals surface area contributed by atoms with Gasteiger partial charge in [0.25, 0.3) is 0 Å². The number of esters is 1. The van der Waals surface area contributed by atoms with Crippen molar-refractivity contribution in [2.24, 2.45) is 0 Å². The summed E-state index contributed by atoms with van der Waals surface area (Å²) in [4.78, 5) is 20.2. The molecule has 0 aliphatic heterocycles. The highest BCUT2D eigenvalue weighted by Gasteiger charge is 2.06. The van der Waals surface area contributed by atoms with Gasteiger partial charge in [0.15, 0.2) is 5.65 Å². The average Bonchev–Trinajstić information content (AvgIpc) is 3.12. The third-order valence-electron chi connectivity index (χ3n) is 4.93. The first-order valence-electron chi connectivity index (χ1n) is 9.21. The monoisotopic (exact) mass is 371 g/mol. The molecule has 4 aromatic rings. The number of aromatic nitrogens is 3. The Balaban J connectivity index is 1.53. The van der Waals surface area contributed by atoms with E-state index in [4.69, 9.17) is 0 Å². The molecule has 0 saturated heterocycles. The van der Waals surface area contributed by atoms with Crippen molar-refractivity contribution < 1.29 is 9.53 Å². The standard InChI is InChI=1S/C23H21N3O2/c1-16-18(15-20-4-3-11-24-23(20)25-16)7-5-17-6-8-21-19(14-17)9-12-26(21)13-10-22(27)28-2/h3-4,6,8-15H,5,7H2,1-2H3. The molecule has 0 aliphatic rings. The van der Waals surface area contributed by atoms with E-state index in [2.05, 4.69) is 51.1 Å². The molecule has 0 saturated carbocycles. The lowest BCUT2D eigenvalue weighted by Gasteiger charge is -2.08. The number of aryl methyl sites for hydroxylation is 3. The van der Waals surface area contributed by atoms with Crippen LogP contribution in [0.5, 0.6) is 0 Å². The van der Waals surface area contributed by atoms with Crippen LogP contribution in [0.2, 0.25) is 0 Å². The number of hydrogen-bond acceptors (Lipinski definition) is 4. The van der Waals surface area contributed by atoms with Gasteiger partial charge in [-0.15, -0.1) is 0 Å². The maximum Gasteiger partial charge on any atom is 0.331 e. The first-order chi connectivity index (χ1) is 13.6. The third kappa shape index (κ3) is 3.64. The van der Waals surface area contributed by atoms with E-state index < -0.39 is 0 Å². The summed E-state index contributed by atoms with van der Waals surface area (Å²) in [5.74, 6) is -0.368. The molecule has 0 radical (unpaired) electrons. The molecule has 0 spiro atoms. The minimum Gasteiger partial charge on any atom is -0.466 e. The van der Waals surface area contributed by atoms with E-state index in [0.717, 1.165) is 40.5 Å². The zero-order valence-electron chi connectivity index (χ0n) is 15.9. The molecule has 3 aromatic heterocycles. The first kappa shape index (κ1) is 17.9. The third-order valence-corrected chi connectivity index (χ3v) is 4.93. The number of benzene rings is 1. The Labute approximate surface area is 163 Å². The summed E-state index contributed by atoms with van der Waals surface area (Å²) in [5.41, 5.74) is 5.41. The molecule has 3 heterocycles. The van der Waals surface area contributed by atoms with Crippen LogP contribution in [-0.2, 0) is 22.4 Å². The molecular weight excluding hydrogens is 350 g/mol. The van der Waals surface area contributed by atoms with Gasteiger partial charge in [-0.05, 0) is 67.3 Å². The molecule has 140 valence electrons. The number of fused-ring (bicyclic) bond motifs is 2. The summed E-state index contributed by atoms with van der Waals surface area (Å²) < 4.78 is 6.56. The van der Waals surface area contributed by atoms with E-state index >= 15 is 0 Å². The molecule has 0 atom stereocenters. The van der Waals surface area contributed by atoms with Crippen molar-refractivity contribution in [2.75, 3.05) is 7.11 Å². The van der Waals surface area contributed by atoms with Crippen LogP contribution in [0, 0.1) is 6.92 Å². The van der Waals surface area contributed by atoms with Crippen LogP contribution < -0.4 is 0 Å². The number of methoxy groups -OCH3 is 1. The van der Waals surface area contributed by atoms with Gasteiger partial charge >= 0.3 is 5.97 Å². The zero-order chi connectivity index (χ0) is 19.5. The quantitative estimate of drug-likeness (QED) is 0.387. The fourth-order valence-corrected chi connectivity index (χ4v) is 3.38. The molecule has 5 nitrogen and oxygen atoms in total. The highest BCUT2D eigenvalue weighted by molar-refractivity contribution is 5.88. The molecule has 4 rings (SSSR count). The first-order valence-corrected chi connectivity index (χ1v) is 9.21. The Morgan fingerprint density at radius 3 is 2.89 bits per heavy atom.